The van der Waals surface area contributed by atoms with Crippen LogP contribution in [0.4, 0.5) is 5.69 Å². The van der Waals surface area contributed by atoms with Crippen LogP contribution >= 0.6 is 15.9 Å². The number of benzene rings is 1. The summed E-state index contributed by atoms with van der Waals surface area (Å²) in [4.78, 5) is 11.2. The second-order valence-corrected chi connectivity index (χ2v) is 7.24. The highest BCUT2D eigenvalue weighted by atomic mass is 79.9. The highest BCUT2D eigenvalue weighted by Gasteiger charge is 2.33. The van der Waals surface area contributed by atoms with Gasteiger partial charge in [0.25, 0.3) is 0 Å². The van der Waals surface area contributed by atoms with Crippen LogP contribution in [0.25, 0.3) is 0 Å². The first-order valence-electron chi connectivity index (χ1n) is 6.48. The van der Waals surface area contributed by atoms with Gasteiger partial charge in [-0.2, -0.15) is 4.31 Å². The number of alkyl halides is 1. The molecule has 6 nitrogen and oxygen atoms in total. The van der Waals surface area contributed by atoms with E-state index in [9.17, 15) is 13.2 Å². The Labute approximate surface area is 132 Å². The molecule has 0 radical (unpaired) electrons. The summed E-state index contributed by atoms with van der Waals surface area (Å²) in [5, 5.41) is 3.13. The molecular formula is C13H17BrN2O4S. The summed E-state index contributed by atoms with van der Waals surface area (Å²) in [6.45, 7) is 2.52. The molecule has 1 aliphatic heterocycles. The van der Waals surface area contributed by atoms with Gasteiger partial charge in [0, 0.05) is 24.5 Å². The summed E-state index contributed by atoms with van der Waals surface area (Å²) in [5.74, 6) is -0.196. The van der Waals surface area contributed by atoms with Gasteiger partial charge < -0.3 is 10.1 Å². The van der Waals surface area contributed by atoms with Gasteiger partial charge in [0.1, 0.15) is 0 Å². The minimum atomic E-state index is -3.56. The van der Waals surface area contributed by atoms with E-state index in [0.717, 1.165) is 0 Å². The Kier molecular flexibility index (Phi) is 5.37. The molecule has 8 heteroatoms. The average Bonchev–Trinajstić information content (AvgIpc) is 2.47. The minimum Gasteiger partial charge on any atom is -0.378 e. The fraction of sp³-hybridized carbons (Fsp3) is 0.462. The third-order valence-electron chi connectivity index (χ3n) is 3.13. The molecule has 21 heavy (non-hydrogen) atoms. The first-order valence-corrected chi connectivity index (χ1v) is 9.04. The quantitative estimate of drug-likeness (QED) is 0.806. The van der Waals surface area contributed by atoms with Crippen LogP contribution < -0.4 is 5.32 Å². The Hall–Kier alpha value is -0.960. The van der Waals surface area contributed by atoms with Gasteiger partial charge in [-0.15, -0.1) is 0 Å². The van der Waals surface area contributed by atoms with E-state index in [1.807, 2.05) is 0 Å². The third kappa shape index (κ3) is 3.82. The van der Waals surface area contributed by atoms with Crippen molar-refractivity contribution in [1.29, 1.82) is 0 Å². The van der Waals surface area contributed by atoms with Crippen molar-refractivity contribution < 1.29 is 17.9 Å². The van der Waals surface area contributed by atoms with E-state index in [1.54, 1.807) is 12.1 Å². The molecule has 1 aromatic rings. The highest BCUT2D eigenvalue weighted by molar-refractivity contribution is 9.09. The fourth-order valence-electron chi connectivity index (χ4n) is 2.13. The Bertz CT molecular complexity index is 603. The van der Waals surface area contributed by atoms with Crippen molar-refractivity contribution in [2.45, 2.75) is 17.9 Å². The maximum absolute atomic E-state index is 12.7. The summed E-state index contributed by atoms with van der Waals surface area (Å²) in [7, 11) is -3.56. The predicted molar refractivity (Wildman–Crippen MR) is 83.0 cm³/mol. The van der Waals surface area contributed by atoms with Crippen LogP contribution in [-0.2, 0) is 19.6 Å². The zero-order chi connectivity index (χ0) is 15.5. The standard InChI is InChI=1S/C13H17BrN2O4S/c1-10(17)15-11-2-4-13(5-3-11)21(18,19)16-6-7-20-9-12(16)8-14/h2-5,12H,6-9H2,1H3,(H,15,17). The number of amides is 1. The second kappa shape index (κ2) is 6.87. The topological polar surface area (TPSA) is 75.7 Å². The third-order valence-corrected chi connectivity index (χ3v) is 5.85. The Morgan fingerprint density at radius 3 is 2.67 bits per heavy atom. The molecule has 1 unspecified atom stereocenters. The Morgan fingerprint density at radius 2 is 2.10 bits per heavy atom. The number of ether oxygens (including phenoxy) is 1. The van der Waals surface area contributed by atoms with Crippen molar-refractivity contribution in [1.82, 2.24) is 4.31 Å². The molecule has 1 heterocycles. The number of rotatable bonds is 4. The van der Waals surface area contributed by atoms with Crippen molar-refractivity contribution >= 4 is 37.5 Å². The van der Waals surface area contributed by atoms with Crippen LogP contribution in [0, 0.1) is 0 Å². The molecule has 2 rings (SSSR count). The van der Waals surface area contributed by atoms with Crippen LogP contribution in [0.15, 0.2) is 29.2 Å². The van der Waals surface area contributed by atoms with E-state index < -0.39 is 10.0 Å². The molecule has 0 aliphatic carbocycles. The molecule has 0 bridgehead atoms. The lowest BCUT2D eigenvalue weighted by atomic mass is 10.3. The molecule has 1 amide bonds. The highest BCUT2D eigenvalue weighted by Crippen LogP contribution is 2.23. The number of nitrogens with one attached hydrogen (secondary N) is 1. The van der Waals surface area contributed by atoms with Crippen molar-refractivity contribution in [2.75, 3.05) is 30.4 Å². The lowest BCUT2D eigenvalue weighted by Gasteiger charge is -2.33. The number of sulfonamides is 1. The van der Waals surface area contributed by atoms with E-state index in [1.165, 1.54) is 23.4 Å². The van der Waals surface area contributed by atoms with Crippen molar-refractivity contribution in [2.24, 2.45) is 0 Å². The first kappa shape index (κ1) is 16.4. The van der Waals surface area contributed by atoms with Crippen molar-refractivity contribution in [3.63, 3.8) is 0 Å². The Balaban J connectivity index is 2.24. The normalized spacial score (nSPS) is 20.2. The number of morpholine rings is 1. The van der Waals surface area contributed by atoms with Gasteiger partial charge in [-0.25, -0.2) is 8.42 Å². The summed E-state index contributed by atoms with van der Waals surface area (Å²) < 4.78 is 32.1. The zero-order valence-corrected chi connectivity index (χ0v) is 14.0. The van der Waals surface area contributed by atoms with E-state index in [2.05, 4.69) is 21.2 Å². The van der Waals surface area contributed by atoms with E-state index >= 15 is 0 Å². The van der Waals surface area contributed by atoms with Gasteiger partial charge in [0.2, 0.25) is 15.9 Å². The molecule has 0 spiro atoms. The monoisotopic (exact) mass is 376 g/mol. The van der Waals surface area contributed by atoms with Crippen LogP contribution in [0.1, 0.15) is 6.92 Å². The first-order chi connectivity index (χ1) is 9.95. The summed E-state index contributed by atoms with van der Waals surface area (Å²) in [5.41, 5.74) is 0.570. The molecule has 1 N–H and O–H groups in total. The van der Waals surface area contributed by atoms with Crippen LogP contribution in [0.5, 0.6) is 0 Å². The maximum Gasteiger partial charge on any atom is 0.243 e. The van der Waals surface area contributed by atoms with Crippen molar-refractivity contribution in [3.8, 4) is 0 Å². The smallest absolute Gasteiger partial charge is 0.243 e. The van der Waals surface area contributed by atoms with E-state index in [-0.39, 0.29) is 16.8 Å². The van der Waals surface area contributed by atoms with Crippen LogP contribution in [0.3, 0.4) is 0 Å². The van der Waals surface area contributed by atoms with Gasteiger partial charge in [-0.05, 0) is 24.3 Å². The number of hydrogen-bond donors (Lipinski definition) is 1. The number of carbonyl (C=O) groups excluding carboxylic acids is 1. The lowest BCUT2D eigenvalue weighted by molar-refractivity contribution is -0.114. The minimum absolute atomic E-state index is 0.196. The molecule has 1 fully saturated rings. The molecule has 0 saturated carbocycles. The summed E-state index contributed by atoms with van der Waals surface area (Å²) in [6.07, 6.45) is 0. The van der Waals surface area contributed by atoms with Gasteiger partial charge in [0.05, 0.1) is 24.2 Å². The molecule has 1 aromatic carbocycles. The average molecular weight is 377 g/mol. The largest absolute Gasteiger partial charge is 0.378 e. The van der Waals surface area contributed by atoms with Crippen LogP contribution in [0.2, 0.25) is 0 Å². The van der Waals surface area contributed by atoms with Gasteiger partial charge in [-0.3, -0.25) is 4.79 Å². The molecule has 1 saturated heterocycles. The summed E-state index contributed by atoms with van der Waals surface area (Å²) in [6, 6.07) is 5.96. The maximum atomic E-state index is 12.7. The van der Waals surface area contributed by atoms with E-state index in [4.69, 9.17) is 4.74 Å². The van der Waals surface area contributed by atoms with Gasteiger partial charge in [-0.1, -0.05) is 15.9 Å². The second-order valence-electron chi connectivity index (χ2n) is 4.70. The molecule has 0 aromatic heterocycles. The zero-order valence-electron chi connectivity index (χ0n) is 11.6. The summed E-state index contributed by atoms with van der Waals surface area (Å²) >= 11 is 3.32. The molecule has 1 aliphatic rings. The van der Waals surface area contributed by atoms with Crippen LogP contribution in [-0.4, -0.2) is 49.8 Å². The van der Waals surface area contributed by atoms with Crippen molar-refractivity contribution in [3.05, 3.63) is 24.3 Å². The molecular weight excluding hydrogens is 360 g/mol. The molecule has 1 atom stereocenters. The SMILES string of the molecule is CC(=O)Nc1ccc(S(=O)(=O)N2CCOCC2CBr)cc1. The lowest BCUT2D eigenvalue weighted by Crippen LogP contribution is -2.49. The number of halogens is 1. The molecule has 116 valence electrons. The number of hydrogen-bond acceptors (Lipinski definition) is 4. The van der Waals surface area contributed by atoms with Gasteiger partial charge >= 0.3 is 0 Å². The number of anilines is 1. The Morgan fingerprint density at radius 1 is 1.43 bits per heavy atom. The van der Waals surface area contributed by atoms with E-state index in [0.29, 0.717) is 30.8 Å². The number of carbonyl (C=O) groups is 1. The fourth-order valence-corrected chi connectivity index (χ4v) is 4.45. The number of nitrogens with zero attached hydrogens (tertiary/aromatic N) is 1. The van der Waals surface area contributed by atoms with Gasteiger partial charge in [0.15, 0.2) is 0 Å². The predicted octanol–water partition coefficient (Wildman–Crippen LogP) is 1.43.